The van der Waals surface area contributed by atoms with E-state index in [-0.39, 0.29) is 18.7 Å². The van der Waals surface area contributed by atoms with Crippen LogP contribution in [0.25, 0.3) is 10.8 Å². The van der Waals surface area contributed by atoms with E-state index in [0.717, 1.165) is 16.3 Å². The molecule has 0 aliphatic rings. The third-order valence-corrected chi connectivity index (χ3v) is 5.51. The lowest BCUT2D eigenvalue weighted by Crippen LogP contribution is -2.50. The average molecular weight is 530 g/mol. The molecule has 0 radical (unpaired) electrons. The molecule has 2 aromatic carbocycles. The maximum absolute atomic E-state index is 12.4. The number of halogens is 1. The Morgan fingerprint density at radius 3 is 2.55 bits per heavy atom. The maximum Gasteiger partial charge on any atom is 0.243 e. The van der Waals surface area contributed by atoms with E-state index < -0.39 is 23.9 Å². The first-order valence-electron chi connectivity index (χ1n) is 8.97. The molecule has 0 aromatic heterocycles. The van der Waals surface area contributed by atoms with Crippen LogP contribution in [-0.4, -0.2) is 35.0 Å². The Labute approximate surface area is 185 Å². The van der Waals surface area contributed by atoms with Crippen molar-refractivity contribution in [1.29, 1.82) is 0 Å². The largest absolute Gasteiger partial charge is 0.350 e. The Hall–Kier alpha value is -1.89. The topological polar surface area (TPSA) is 120 Å². The molecule has 0 aliphatic heterocycles. The summed E-state index contributed by atoms with van der Waals surface area (Å²) in [4.78, 5) is 36.1. The zero-order valence-electron chi connectivity index (χ0n) is 15.8. The molecule has 2 aromatic rings. The van der Waals surface area contributed by atoms with Crippen molar-refractivity contribution in [1.82, 2.24) is 20.8 Å². The van der Waals surface area contributed by atoms with Crippen LogP contribution in [0.4, 0.5) is 0 Å². The molecule has 0 heterocycles. The number of carbonyl (C=O) groups is 3. The van der Waals surface area contributed by atoms with E-state index in [1.165, 1.54) is 14.6 Å². The van der Waals surface area contributed by atoms with Crippen molar-refractivity contribution in [3.8, 4) is 0 Å². The van der Waals surface area contributed by atoms with E-state index in [4.69, 9.17) is 5.21 Å². The van der Waals surface area contributed by atoms with Crippen LogP contribution in [0.2, 0.25) is 0 Å². The minimum Gasteiger partial charge on any atom is -0.350 e. The molecular weight excluding hydrogens is 507 g/mol. The minimum atomic E-state index is -0.743. The van der Waals surface area contributed by atoms with Crippen molar-refractivity contribution in [2.75, 3.05) is 0 Å². The van der Waals surface area contributed by atoms with Gasteiger partial charge in [-0.1, -0.05) is 42.5 Å². The number of carbonyl (C=O) groups excluding carboxylic acids is 3. The van der Waals surface area contributed by atoms with Gasteiger partial charge in [0.25, 0.3) is 0 Å². The van der Waals surface area contributed by atoms with Crippen LogP contribution >= 0.6 is 30.3 Å². The predicted molar refractivity (Wildman–Crippen MR) is 121 cm³/mol. The Bertz CT molecular complexity index is 862. The molecule has 5 N–H and O–H groups in total. The van der Waals surface area contributed by atoms with Gasteiger partial charge in [-0.2, -0.15) is 0 Å². The molecule has 29 heavy (non-hydrogen) atoms. The number of hydroxylamine groups is 1. The number of benzene rings is 2. The molecule has 0 aliphatic carbocycles. The monoisotopic (exact) mass is 530 g/mol. The predicted octanol–water partition coefficient (Wildman–Crippen LogP) is 2.20. The lowest BCUT2D eigenvalue weighted by Gasteiger charge is -2.20. The molecule has 3 amide bonds. The van der Waals surface area contributed by atoms with Crippen molar-refractivity contribution in [2.45, 2.75) is 38.4 Å². The zero-order chi connectivity index (χ0) is 21.2. The fraction of sp³-hybridized carbons (Fsp3) is 0.316. The van der Waals surface area contributed by atoms with Gasteiger partial charge in [-0.15, -0.1) is 0 Å². The van der Waals surface area contributed by atoms with Crippen LogP contribution in [0.1, 0.15) is 25.3 Å². The van der Waals surface area contributed by atoms with Crippen LogP contribution < -0.4 is 20.8 Å². The highest BCUT2D eigenvalue weighted by Crippen LogP contribution is 2.18. The van der Waals surface area contributed by atoms with Gasteiger partial charge in [0.2, 0.25) is 17.7 Å². The van der Waals surface area contributed by atoms with Gasteiger partial charge in [-0.3, -0.25) is 19.6 Å². The van der Waals surface area contributed by atoms with Gasteiger partial charge in [0.15, 0.2) is 0 Å². The van der Waals surface area contributed by atoms with Crippen LogP contribution in [-0.2, 0) is 20.9 Å². The van der Waals surface area contributed by atoms with E-state index in [2.05, 4.69) is 15.4 Å². The van der Waals surface area contributed by atoms with Crippen molar-refractivity contribution in [2.24, 2.45) is 0 Å². The highest BCUT2D eigenvalue weighted by Gasteiger charge is 2.23. The highest BCUT2D eigenvalue weighted by molar-refractivity contribution is 14.2. The van der Waals surface area contributed by atoms with Crippen molar-refractivity contribution < 1.29 is 19.6 Å². The van der Waals surface area contributed by atoms with Gasteiger partial charge in [-0.05, 0) is 38.8 Å². The summed E-state index contributed by atoms with van der Waals surface area (Å²) in [6, 6.07) is 12.4. The standard InChI is InChI=1S/C19H23IN4O4S/c1-12(22-19(27)16(24-29-20)9-10-17(25)23-28)18(26)21-11-14-7-4-6-13-5-2-3-8-15(13)14/h2-8,12,16,24,28H,9-11H2,1H3,(H,21,26)(H,22,27)(H,23,25)/t12-,16-/m0/s1. The van der Waals surface area contributed by atoms with Crippen molar-refractivity contribution >= 4 is 58.8 Å². The second-order valence-corrected chi connectivity index (χ2v) is 8.12. The molecule has 2 atom stereocenters. The van der Waals surface area contributed by atoms with E-state index in [1.54, 1.807) is 6.92 Å². The van der Waals surface area contributed by atoms with E-state index in [0.29, 0.717) is 6.54 Å². The van der Waals surface area contributed by atoms with Crippen molar-refractivity contribution in [3.05, 3.63) is 48.0 Å². The fourth-order valence-corrected chi connectivity index (χ4v) is 4.04. The first-order valence-corrected chi connectivity index (χ1v) is 12.3. The average Bonchev–Trinajstić information content (AvgIpc) is 2.74. The Balaban J connectivity index is 1.91. The number of rotatable bonds is 10. The normalized spacial score (nSPS) is 12.8. The number of hydrogen-bond acceptors (Lipinski definition) is 6. The number of fused-ring (bicyclic) bond motifs is 1. The lowest BCUT2D eigenvalue weighted by atomic mass is 10.0. The summed E-state index contributed by atoms with van der Waals surface area (Å²) >= 11 is 1.97. The molecule has 0 saturated heterocycles. The quantitative estimate of drug-likeness (QED) is 0.139. The van der Waals surface area contributed by atoms with Crippen LogP contribution in [0, 0.1) is 0 Å². The second-order valence-electron chi connectivity index (χ2n) is 6.41. The molecule has 2 rings (SSSR count). The zero-order valence-corrected chi connectivity index (χ0v) is 18.7. The third-order valence-electron chi connectivity index (χ3n) is 4.37. The maximum atomic E-state index is 12.4. The summed E-state index contributed by atoms with van der Waals surface area (Å²) < 4.78 is 2.88. The smallest absolute Gasteiger partial charge is 0.243 e. The molecule has 0 fully saturated rings. The highest BCUT2D eigenvalue weighted by atomic mass is 127. The van der Waals surface area contributed by atoms with E-state index in [1.807, 2.05) is 63.7 Å². The van der Waals surface area contributed by atoms with Gasteiger partial charge < -0.3 is 10.6 Å². The number of nitrogens with one attached hydrogen (secondary N) is 4. The molecule has 156 valence electrons. The van der Waals surface area contributed by atoms with Gasteiger partial charge in [0.1, 0.15) is 6.04 Å². The minimum absolute atomic E-state index is 0.0273. The SMILES string of the molecule is C[C@H](NC(=O)[C@H](CCC(=O)NO)NSI)C(=O)NCc1cccc2ccccc12. The molecule has 0 bridgehead atoms. The Kier molecular flexibility index (Phi) is 9.64. The van der Waals surface area contributed by atoms with Crippen LogP contribution in [0.5, 0.6) is 0 Å². The summed E-state index contributed by atoms with van der Waals surface area (Å²) in [5, 5.41) is 16.2. The first kappa shape index (κ1) is 23.4. The van der Waals surface area contributed by atoms with Gasteiger partial charge in [0.05, 0.1) is 6.04 Å². The Morgan fingerprint density at radius 1 is 1.10 bits per heavy atom. The van der Waals surface area contributed by atoms with Gasteiger partial charge in [0, 0.05) is 34.2 Å². The Morgan fingerprint density at radius 2 is 1.83 bits per heavy atom. The number of hydrogen-bond donors (Lipinski definition) is 5. The molecular formula is C19H23IN4O4S. The fourth-order valence-electron chi connectivity index (χ4n) is 2.79. The summed E-state index contributed by atoms with van der Waals surface area (Å²) in [5.74, 6) is -1.28. The first-order chi connectivity index (χ1) is 14.0. The third kappa shape index (κ3) is 7.14. The van der Waals surface area contributed by atoms with E-state index >= 15 is 0 Å². The summed E-state index contributed by atoms with van der Waals surface area (Å²) in [6.45, 7) is 1.95. The molecule has 0 saturated carbocycles. The van der Waals surface area contributed by atoms with Crippen LogP contribution in [0.15, 0.2) is 42.5 Å². The summed E-state index contributed by atoms with van der Waals surface area (Å²) in [7, 11) is 1.21. The van der Waals surface area contributed by atoms with Crippen molar-refractivity contribution in [3.63, 3.8) is 0 Å². The molecule has 8 nitrogen and oxygen atoms in total. The summed E-state index contributed by atoms with van der Waals surface area (Å²) in [6.07, 6.45) is 0.152. The van der Waals surface area contributed by atoms with Gasteiger partial charge in [-0.25, -0.2) is 10.2 Å². The molecule has 0 unspecified atom stereocenters. The van der Waals surface area contributed by atoms with Crippen LogP contribution in [0.3, 0.4) is 0 Å². The second kappa shape index (κ2) is 12.0. The number of amides is 3. The summed E-state index contributed by atoms with van der Waals surface area (Å²) in [5.41, 5.74) is 2.53. The van der Waals surface area contributed by atoms with Gasteiger partial charge >= 0.3 is 0 Å². The van der Waals surface area contributed by atoms with E-state index in [9.17, 15) is 14.4 Å². The lowest BCUT2D eigenvalue weighted by molar-refractivity contribution is -0.131. The molecule has 0 spiro atoms. The molecule has 10 heteroatoms.